The molecule has 0 unspecified atom stereocenters. The number of carbonyl (C=O) groups excluding carboxylic acids is 1. The molecule has 3 aromatic rings. The Morgan fingerprint density at radius 2 is 1.79 bits per heavy atom. The highest BCUT2D eigenvalue weighted by Gasteiger charge is 2.14. The molecule has 0 radical (unpaired) electrons. The molecule has 24 heavy (non-hydrogen) atoms. The number of anilines is 1. The highest BCUT2D eigenvalue weighted by molar-refractivity contribution is 5.86. The predicted molar refractivity (Wildman–Crippen MR) is 97.3 cm³/mol. The van der Waals surface area contributed by atoms with Crippen LogP contribution < -0.4 is 4.90 Å². The zero-order chi connectivity index (χ0) is 16.5. The van der Waals surface area contributed by atoms with Gasteiger partial charge in [0.25, 0.3) is 0 Å². The smallest absolute Gasteiger partial charge is 0.150 e. The molecule has 4 heteroatoms. The molecule has 0 atom stereocenters. The van der Waals surface area contributed by atoms with Gasteiger partial charge in [0.1, 0.15) is 12.1 Å². The number of piperidine rings is 1. The van der Waals surface area contributed by atoms with Crippen molar-refractivity contribution >= 4 is 23.0 Å². The van der Waals surface area contributed by atoms with Gasteiger partial charge in [0.05, 0.1) is 11.0 Å². The van der Waals surface area contributed by atoms with Crippen molar-refractivity contribution in [3.05, 3.63) is 53.9 Å². The van der Waals surface area contributed by atoms with Crippen LogP contribution in [0.5, 0.6) is 0 Å². The topological polar surface area (TPSA) is 38.1 Å². The van der Waals surface area contributed by atoms with Crippen molar-refractivity contribution in [2.45, 2.75) is 26.2 Å². The Morgan fingerprint density at radius 3 is 2.58 bits per heavy atom. The van der Waals surface area contributed by atoms with Gasteiger partial charge in [-0.25, -0.2) is 4.98 Å². The lowest BCUT2D eigenvalue weighted by molar-refractivity contribution is 0.112. The van der Waals surface area contributed by atoms with Gasteiger partial charge in [0.15, 0.2) is 0 Å². The summed E-state index contributed by atoms with van der Waals surface area (Å²) in [5.41, 5.74) is 4.96. The number of hydrogen-bond acceptors (Lipinski definition) is 3. The van der Waals surface area contributed by atoms with Gasteiger partial charge in [-0.05, 0) is 62.6 Å². The zero-order valence-corrected chi connectivity index (χ0v) is 13.9. The number of benzene rings is 2. The van der Waals surface area contributed by atoms with E-state index in [4.69, 9.17) is 0 Å². The van der Waals surface area contributed by atoms with Crippen LogP contribution in [0.4, 0.5) is 5.69 Å². The SMILES string of the molecule is Cc1nc2cc(C=O)ccc2n1-c1cccc(N2CCCCC2)c1. The third-order valence-corrected chi connectivity index (χ3v) is 4.79. The van der Waals surface area contributed by atoms with Gasteiger partial charge in [-0.3, -0.25) is 9.36 Å². The van der Waals surface area contributed by atoms with Crippen LogP contribution in [0, 0.1) is 6.92 Å². The molecule has 0 amide bonds. The molecular formula is C20H21N3O. The maximum absolute atomic E-state index is 11.0. The van der Waals surface area contributed by atoms with E-state index in [-0.39, 0.29) is 0 Å². The van der Waals surface area contributed by atoms with Gasteiger partial charge in [-0.2, -0.15) is 0 Å². The highest BCUT2D eigenvalue weighted by Crippen LogP contribution is 2.26. The number of aryl methyl sites for hydroxylation is 1. The van der Waals surface area contributed by atoms with Gasteiger partial charge >= 0.3 is 0 Å². The molecule has 2 heterocycles. The van der Waals surface area contributed by atoms with Gasteiger partial charge in [-0.1, -0.05) is 6.07 Å². The van der Waals surface area contributed by atoms with Crippen LogP contribution in [-0.4, -0.2) is 28.9 Å². The predicted octanol–water partition coefficient (Wildman–Crippen LogP) is 4.14. The third-order valence-electron chi connectivity index (χ3n) is 4.79. The molecule has 1 aliphatic rings. The first-order valence-corrected chi connectivity index (χ1v) is 8.56. The molecule has 0 bridgehead atoms. The van der Waals surface area contributed by atoms with Crippen molar-refractivity contribution in [3.8, 4) is 5.69 Å². The van der Waals surface area contributed by atoms with Crippen LogP contribution in [0.3, 0.4) is 0 Å². The van der Waals surface area contributed by atoms with Crippen molar-refractivity contribution in [1.29, 1.82) is 0 Å². The molecule has 0 aliphatic carbocycles. The summed E-state index contributed by atoms with van der Waals surface area (Å²) in [5, 5.41) is 0. The largest absolute Gasteiger partial charge is 0.371 e. The van der Waals surface area contributed by atoms with Crippen molar-refractivity contribution in [2.24, 2.45) is 0 Å². The van der Waals surface area contributed by atoms with Gasteiger partial charge in [0.2, 0.25) is 0 Å². The van der Waals surface area contributed by atoms with Crippen molar-refractivity contribution < 1.29 is 4.79 Å². The summed E-state index contributed by atoms with van der Waals surface area (Å²) in [6.45, 7) is 4.28. The van der Waals surface area contributed by atoms with Crippen molar-refractivity contribution in [1.82, 2.24) is 9.55 Å². The number of imidazole rings is 1. The quantitative estimate of drug-likeness (QED) is 0.681. The molecule has 0 saturated carbocycles. The van der Waals surface area contributed by atoms with E-state index in [0.717, 1.165) is 41.9 Å². The molecule has 0 spiro atoms. The fourth-order valence-corrected chi connectivity index (χ4v) is 3.60. The second kappa shape index (κ2) is 6.11. The Labute approximate surface area is 141 Å². The Morgan fingerprint density at radius 1 is 1.00 bits per heavy atom. The molecule has 4 nitrogen and oxygen atoms in total. The van der Waals surface area contributed by atoms with Crippen molar-refractivity contribution in [2.75, 3.05) is 18.0 Å². The third kappa shape index (κ3) is 2.58. The molecule has 1 aromatic heterocycles. The maximum atomic E-state index is 11.0. The summed E-state index contributed by atoms with van der Waals surface area (Å²) in [7, 11) is 0. The molecule has 1 fully saturated rings. The minimum atomic E-state index is 0.661. The van der Waals surface area contributed by atoms with Gasteiger partial charge < -0.3 is 4.90 Å². The lowest BCUT2D eigenvalue weighted by Gasteiger charge is -2.29. The summed E-state index contributed by atoms with van der Waals surface area (Å²) in [6, 6.07) is 14.3. The summed E-state index contributed by atoms with van der Waals surface area (Å²) >= 11 is 0. The van der Waals surface area contributed by atoms with E-state index in [1.807, 2.05) is 25.1 Å². The van der Waals surface area contributed by atoms with Crippen LogP contribution in [0.2, 0.25) is 0 Å². The van der Waals surface area contributed by atoms with E-state index in [1.165, 1.54) is 24.9 Å². The van der Waals surface area contributed by atoms with E-state index in [1.54, 1.807) is 0 Å². The van der Waals surface area contributed by atoms with E-state index in [9.17, 15) is 4.79 Å². The second-order valence-corrected chi connectivity index (χ2v) is 6.43. The standard InChI is InChI=1S/C20H21N3O/c1-15-21-19-12-16(14-24)8-9-20(19)23(15)18-7-5-6-17(13-18)22-10-3-2-4-11-22/h5-9,12-14H,2-4,10-11H2,1H3. The lowest BCUT2D eigenvalue weighted by atomic mass is 10.1. The first-order valence-electron chi connectivity index (χ1n) is 8.56. The lowest BCUT2D eigenvalue weighted by Crippen LogP contribution is -2.29. The summed E-state index contributed by atoms with van der Waals surface area (Å²) < 4.78 is 2.16. The minimum absolute atomic E-state index is 0.661. The molecule has 1 aliphatic heterocycles. The fraction of sp³-hybridized carbons (Fsp3) is 0.300. The number of carbonyl (C=O) groups is 1. The van der Waals surface area contributed by atoms with E-state index < -0.39 is 0 Å². The number of nitrogens with zero attached hydrogens (tertiary/aromatic N) is 3. The molecule has 4 rings (SSSR count). The number of rotatable bonds is 3. The van der Waals surface area contributed by atoms with Crippen LogP contribution in [0.25, 0.3) is 16.7 Å². The average Bonchev–Trinajstić information content (AvgIpc) is 2.97. The molecule has 2 aromatic carbocycles. The normalized spacial score (nSPS) is 15.0. The average molecular weight is 319 g/mol. The number of hydrogen-bond donors (Lipinski definition) is 0. The van der Waals surface area contributed by atoms with E-state index in [2.05, 4.69) is 38.7 Å². The first kappa shape index (κ1) is 14.9. The highest BCUT2D eigenvalue weighted by atomic mass is 16.1. The molecule has 1 saturated heterocycles. The van der Waals surface area contributed by atoms with E-state index >= 15 is 0 Å². The number of aromatic nitrogens is 2. The van der Waals surface area contributed by atoms with Gasteiger partial charge in [0, 0.05) is 30.0 Å². The Hall–Kier alpha value is -2.62. The van der Waals surface area contributed by atoms with Crippen LogP contribution in [0.1, 0.15) is 35.4 Å². The second-order valence-electron chi connectivity index (χ2n) is 6.43. The molecule has 0 N–H and O–H groups in total. The Balaban J connectivity index is 1.79. The Kier molecular flexibility index (Phi) is 3.81. The zero-order valence-electron chi connectivity index (χ0n) is 13.9. The van der Waals surface area contributed by atoms with Crippen LogP contribution >= 0.6 is 0 Å². The van der Waals surface area contributed by atoms with E-state index in [0.29, 0.717) is 5.56 Å². The van der Waals surface area contributed by atoms with Crippen LogP contribution in [0.15, 0.2) is 42.5 Å². The summed E-state index contributed by atoms with van der Waals surface area (Å²) in [6.07, 6.45) is 4.74. The number of fused-ring (bicyclic) bond motifs is 1. The summed E-state index contributed by atoms with van der Waals surface area (Å²) in [4.78, 5) is 18.1. The Bertz CT molecular complexity index is 891. The molecule has 122 valence electrons. The fourth-order valence-electron chi connectivity index (χ4n) is 3.60. The van der Waals surface area contributed by atoms with Crippen molar-refractivity contribution in [3.63, 3.8) is 0 Å². The molecular weight excluding hydrogens is 298 g/mol. The van der Waals surface area contributed by atoms with Crippen LogP contribution in [-0.2, 0) is 0 Å². The number of aldehydes is 1. The monoisotopic (exact) mass is 319 g/mol. The first-order chi connectivity index (χ1) is 11.8. The van der Waals surface area contributed by atoms with Gasteiger partial charge in [-0.15, -0.1) is 0 Å². The maximum Gasteiger partial charge on any atom is 0.150 e. The minimum Gasteiger partial charge on any atom is -0.371 e. The summed E-state index contributed by atoms with van der Waals surface area (Å²) in [5.74, 6) is 0.934.